The molecule has 0 saturated heterocycles. The van der Waals surface area contributed by atoms with E-state index < -0.39 is 5.79 Å². The minimum Gasteiger partial charge on any atom is -0.457 e. The van der Waals surface area contributed by atoms with Crippen molar-refractivity contribution in [2.45, 2.75) is 26.2 Å². The summed E-state index contributed by atoms with van der Waals surface area (Å²) in [5.74, 6) is 0.158. The first-order valence-electron chi connectivity index (χ1n) is 5.03. The summed E-state index contributed by atoms with van der Waals surface area (Å²) < 4.78 is 18.6. The fourth-order valence-electron chi connectivity index (χ4n) is 1.37. The van der Waals surface area contributed by atoms with Gasteiger partial charge in [0.1, 0.15) is 12.9 Å². The molecule has 1 aromatic rings. The van der Waals surface area contributed by atoms with Gasteiger partial charge in [0.2, 0.25) is 5.79 Å². The number of hydrogen-bond acceptors (Lipinski definition) is 4. The number of hydrogen-bond donors (Lipinski definition) is 0. The van der Waals surface area contributed by atoms with Crippen molar-refractivity contribution in [3.8, 4) is 0 Å². The summed E-state index contributed by atoms with van der Waals surface area (Å²) in [7, 11) is 0. The van der Waals surface area contributed by atoms with Crippen LogP contribution in [-0.2, 0) is 20.8 Å². The zero-order valence-corrected chi connectivity index (χ0v) is 13.4. The second kappa shape index (κ2) is 5.30. The third-order valence-corrected chi connectivity index (χ3v) is 4.54. The number of ether oxygens (including phenoxy) is 3. The zero-order valence-electron chi connectivity index (χ0n) is 9.46. The van der Waals surface area contributed by atoms with E-state index in [1.807, 2.05) is 19.9 Å². The third kappa shape index (κ3) is 3.71. The van der Waals surface area contributed by atoms with Crippen molar-refractivity contribution < 1.29 is 14.2 Å². The lowest BCUT2D eigenvalue weighted by Crippen LogP contribution is -2.20. The van der Waals surface area contributed by atoms with Crippen LogP contribution in [0.5, 0.6) is 0 Å². The maximum Gasteiger partial charge on any atom is 0.244 e. The van der Waals surface area contributed by atoms with Gasteiger partial charge < -0.3 is 14.2 Å². The van der Waals surface area contributed by atoms with Gasteiger partial charge in [0.05, 0.1) is 14.2 Å². The summed E-state index contributed by atoms with van der Waals surface area (Å²) in [6, 6.07) is 2.04. The molecule has 0 aliphatic carbocycles. The predicted molar refractivity (Wildman–Crippen MR) is 73.7 cm³/mol. The van der Waals surface area contributed by atoms with E-state index in [0.29, 0.717) is 13.2 Å². The van der Waals surface area contributed by atoms with Crippen molar-refractivity contribution in [3.05, 3.63) is 31.2 Å². The van der Waals surface area contributed by atoms with E-state index in [9.17, 15) is 0 Å². The lowest BCUT2D eigenvalue weighted by molar-refractivity contribution is -0.121. The van der Waals surface area contributed by atoms with E-state index in [1.54, 1.807) is 17.6 Å². The lowest BCUT2D eigenvalue weighted by atomic mass is 10.4. The number of rotatable bonds is 4. The van der Waals surface area contributed by atoms with Crippen LogP contribution in [0.3, 0.4) is 0 Å². The van der Waals surface area contributed by atoms with Crippen molar-refractivity contribution in [1.82, 2.24) is 0 Å². The number of thiophene rings is 1. The highest BCUT2D eigenvalue weighted by Gasteiger charge is 2.27. The minimum atomic E-state index is -0.565. The van der Waals surface area contributed by atoms with Gasteiger partial charge in [-0.05, 0) is 37.9 Å². The van der Waals surface area contributed by atoms with E-state index in [-0.39, 0.29) is 0 Å². The Morgan fingerprint density at radius 3 is 2.65 bits per heavy atom. The first-order chi connectivity index (χ1) is 7.96. The van der Waals surface area contributed by atoms with E-state index in [1.165, 1.54) is 0 Å². The second-order valence-corrected chi connectivity index (χ2v) is 7.80. The molecule has 0 radical (unpaired) electrons. The first kappa shape index (κ1) is 13.4. The molecule has 2 rings (SSSR count). The summed E-state index contributed by atoms with van der Waals surface area (Å²) >= 11 is 8.55. The molecule has 1 aliphatic heterocycles. The van der Waals surface area contributed by atoms with Crippen LogP contribution in [0, 0.1) is 0 Å². The van der Waals surface area contributed by atoms with Gasteiger partial charge in [0.25, 0.3) is 0 Å². The Kier molecular flexibility index (Phi) is 4.18. The topological polar surface area (TPSA) is 27.7 Å². The summed E-state index contributed by atoms with van der Waals surface area (Å²) in [5.41, 5.74) is 1.13. The van der Waals surface area contributed by atoms with Gasteiger partial charge in [-0.25, -0.2) is 0 Å². The van der Waals surface area contributed by atoms with Crippen LogP contribution in [0.4, 0.5) is 0 Å². The molecular formula is C11H12Br2O3S. The van der Waals surface area contributed by atoms with Gasteiger partial charge in [0, 0.05) is 19.4 Å². The molecule has 1 aliphatic rings. The third-order valence-electron chi connectivity index (χ3n) is 2.08. The van der Waals surface area contributed by atoms with Crippen LogP contribution in [0.15, 0.2) is 25.7 Å². The largest absolute Gasteiger partial charge is 0.457 e. The Bertz CT molecular complexity index is 440. The quantitative estimate of drug-likeness (QED) is 0.770. The SMILES string of the molecule is CC1(C)OC=C(COCc2cc(Br)sc2Br)O1. The number of halogens is 2. The maximum absolute atomic E-state index is 5.57. The van der Waals surface area contributed by atoms with Crippen LogP contribution in [0.25, 0.3) is 0 Å². The van der Waals surface area contributed by atoms with Gasteiger partial charge >= 0.3 is 0 Å². The standard InChI is InChI=1S/C11H12Br2O3S/c1-11(2)15-6-8(16-11)5-14-4-7-3-9(12)17-10(7)13/h3,6H,4-5H2,1-2H3. The Morgan fingerprint density at radius 1 is 1.35 bits per heavy atom. The van der Waals surface area contributed by atoms with Crippen LogP contribution in [0.1, 0.15) is 19.4 Å². The van der Waals surface area contributed by atoms with E-state index in [2.05, 4.69) is 31.9 Å². The molecule has 0 unspecified atom stereocenters. The lowest BCUT2D eigenvalue weighted by Gasteiger charge is -2.18. The van der Waals surface area contributed by atoms with Gasteiger partial charge in [-0.2, -0.15) is 0 Å². The fraction of sp³-hybridized carbons (Fsp3) is 0.455. The molecule has 2 heterocycles. The molecule has 0 saturated carbocycles. The molecule has 0 fully saturated rings. The molecule has 0 N–H and O–H groups in total. The molecule has 17 heavy (non-hydrogen) atoms. The molecule has 0 spiro atoms. The highest BCUT2D eigenvalue weighted by atomic mass is 79.9. The molecule has 3 nitrogen and oxygen atoms in total. The summed E-state index contributed by atoms with van der Waals surface area (Å²) in [6.45, 7) is 4.69. The molecule has 0 amide bonds. The molecular weight excluding hydrogens is 372 g/mol. The monoisotopic (exact) mass is 382 g/mol. The van der Waals surface area contributed by atoms with Crippen molar-refractivity contribution in [2.24, 2.45) is 0 Å². The van der Waals surface area contributed by atoms with Crippen LogP contribution in [-0.4, -0.2) is 12.4 Å². The molecule has 94 valence electrons. The highest BCUT2D eigenvalue weighted by molar-refractivity contribution is 9.12. The van der Waals surface area contributed by atoms with Gasteiger partial charge in [-0.1, -0.05) is 0 Å². The molecule has 1 aromatic heterocycles. The predicted octanol–water partition coefficient (Wildman–Crippen LogP) is 4.41. The van der Waals surface area contributed by atoms with Crippen molar-refractivity contribution in [2.75, 3.05) is 6.61 Å². The summed E-state index contributed by atoms with van der Waals surface area (Å²) in [6.07, 6.45) is 1.61. The van der Waals surface area contributed by atoms with Crippen LogP contribution >= 0.6 is 43.2 Å². The molecule has 0 atom stereocenters. The van der Waals surface area contributed by atoms with Crippen molar-refractivity contribution in [3.63, 3.8) is 0 Å². The highest BCUT2D eigenvalue weighted by Crippen LogP contribution is 2.32. The Hall–Kier alpha value is -0.0400. The van der Waals surface area contributed by atoms with Gasteiger partial charge in [-0.3, -0.25) is 0 Å². The maximum atomic E-state index is 5.57. The van der Waals surface area contributed by atoms with Crippen molar-refractivity contribution in [1.29, 1.82) is 0 Å². The first-order valence-corrected chi connectivity index (χ1v) is 7.44. The molecule has 0 bridgehead atoms. The van der Waals surface area contributed by atoms with E-state index >= 15 is 0 Å². The molecule has 6 heteroatoms. The average molecular weight is 384 g/mol. The van der Waals surface area contributed by atoms with Crippen LogP contribution < -0.4 is 0 Å². The summed E-state index contributed by atoms with van der Waals surface area (Å²) in [5, 5.41) is 0. The molecule has 0 aromatic carbocycles. The van der Waals surface area contributed by atoms with E-state index in [0.717, 1.165) is 18.9 Å². The Balaban J connectivity index is 1.79. The normalized spacial score (nSPS) is 17.5. The van der Waals surface area contributed by atoms with Crippen LogP contribution in [0.2, 0.25) is 0 Å². The summed E-state index contributed by atoms with van der Waals surface area (Å²) in [4.78, 5) is 0. The second-order valence-electron chi connectivity index (χ2n) is 4.05. The van der Waals surface area contributed by atoms with Gasteiger partial charge in [0.15, 0.2) is 5.76 Å². The smallest absolute Gasteiger partial charge is 0.244 e. The Labute approximate surface area is 121 Å². The zero-order chi connectivity index (χ0) is 12.5. The van der Waals surface area contributed by atoms with Crippen molar-refractivity contribution >= 4 is 43.2 Å². The van der Waals surface area contributed by atoms with Gasteiger partial charge in [-0.15, -0.1) is 11.3 Å². The Morgan fingerprint density at radius 2 is 2.12 bits per heavy atom. The fourth-order valence-corrected chi connectivity index (χ4v) is 4.16. The average Bonchev–Trinajstić information content (AvgIpc) is 2.71. The minimum absolute atomic E-state index is 0.420. The van der Waals surface area contributed by atoms with E-state index in [4.69, 9.17) is 14.2 Å².